The first-order chi connectivity index (χ1) is 9.65. The Morgan fingerprint density at radius 1 is 1.05 bits per heavy atom. The van der Waals surface area contributed by atoms with Crippen molar-refractivity contribution < 1.29 is 4.79 Å². The van der Waals surface area contributed by atoms with Gasteiger partial charge in [-0.1, -0.05) is 53.7 Å². The van der Waals surface area contributed by atoms with Crippen LogP contribution in [0.2, 0.25) is 0 Å². The molecule has 0 unspecified atom stereocenters. The van der Waals surface area contributed by atoms with Crippen molar-refractivity contribution in [3.8, 4) is 0 Å². The van der Waals surface area contributed by atoms with Crippen molar-refractivity contribution in [2.75, 3.05) is 11.9 Å². The maximum absolute atomic E-state index is 12.4. The highest BCUT2D eigenvalue weighted by molar-refractivity contribution is 8.04. The van der Waals surface area contributed by atoms with Gasteiger partial charge in [-0.15, -0.1) is 0 Å². The van der Waals surface area contributed by atoms with Crippen molar-refractivity contribution >= 4 is 29.4 Å². The Morgan fingerprint density at radius 2 is 1.75 bits per heavy atom. The predicted octanol–water partition coefficient (Wildman–Crippen LogP) is 4.10. The van der Waals surface area contributed by atoms with Crippen LogP contribution in [-0.2, 0) is 4.79 Å². The molecule has 0 fully saturated rings. The lowest BCUT2D eigenvalue weighted by molar-refractivity contribution is -0.114. The van der Waals surface area contributed by atoms with Crippen LogP contribution in [0.3, 0.4) is 0 Å². The standard InChI is InChI=1S/C17H15NOS/c1-12-7-9-13(10-8-12)11-16-17(19)18(2)14-5-3-4-6-15(14)20-16/h3-11H,1-2H3/b16-11-. The molecule has 20 heavy (non-hydrogen) atoms. The average Bonchev–Trinajstić information content (AvgIpc) is 2.47. The monoisotopic (exact) mass is 281 g/mol. The molecule has 0 spiro atoms. The zero-order valence-electron chi connectivity index (χ0n) is 11.5. The Hall–Kier alpha value is -2.00. The lowest BCUT2D eigenvalue weighted by Gasteiger charge is -2.26. The molecular formula is C17H15NOS. The zero-order valence-corrected chi connectivity index (χ0v) is 12.3. The second-order valence-electron chi connectivity index (χ2n) is 4.85. The van der Waals surface area contributed by atoms with Crippen LogP contribution in [0.25, 0.3) is 6.08 Å². The third kappa shape index (κ3) is 2.37. The number of carbonyl (C=O) groups is 1. The third-order valence-corrected chi connectivity index (χ3v) is 4.41. The summed E-state index contributed by atoms with van der Waals surface area (Å²) in [6.07, 6.45) is 1.96. The van der Waals surface area contributed by atoms with Gasteiger partial charge in [0.1, 0.15) is 0 Å². The molecule has 1 aliphatic heterocycles. The first kappa shape index (κ1) is 13.0. The van der Waals surface area contributed by atoms with Gasteiger partial charge in [-0.2, -0.15) is 0 Å². The second kappa shape index (κ2) is 5.17. The fraction of sp³-hybridized carbons (Fsp3) is 0.118. The number of para-hydroxylation sites is 1. The summed E-state index contributed by atoms with van der Waals surface area (Å²) < 4.78 is 0. The van der Waals surface area contributed by atoms with E-state index in [0.717, 1.165) is 21.1 Å². The molecule has 0 saturated heterocycles. The topological polar surface area (TPSA) is 20.3 Å². The van der Waals surface area contributed by atoms with E-state index in [1.165, 1.54) is 17.3 Å². The van der Waals surface area contributed by atoms with E-state index in [1.54, 1.807) is 4.90 Å². The van der Waals surface area contributed by atoms with Gasteiger partial charge in [0, 0.05) is 11.9 Å². The quantitative estimate of drug-likeness (QED) is 0.733. The lowest BCUT2D eigenvalue weighted by Crippen LogP contribution is -2.29. The molecule has 2 aromatic rings. The second-order valence-corrected chi connectivity index (χ2v) is 5.94. The first-order valence-corrected chi connectivity index (χ1v) is 7.30. The number of hydrogen-bond acceptors (Lipinski definition) is 2. The van der Waals surface area contributed by atoms with Gasteiger partial charge in [0.05, 0.1) is 10.6 Å². The molecule has 0 N–H and O–H groups in total. The van der Waals surface area contributed by atoms with Crippen LogP contribution in [-0.4, -0.2) is 13.0 Å². The lowest BCUT2D eigenvalue weighted by atomic mass is 10.1. The number of likely N-dealkylation sites (N-methyl/N-ethyl adjacent to an activating group) is 1. The van der Waals surface area contributed by atoms with E-state index in [2.05, 4.69) is 19.1 Å². The highest BCUT2D eigenvalue weighted by Gasteiger charge is 2.25. The number of rotatable bonds is 1. The minimum absolute atomic E-state index is 0.0503. The molecule has 1 heterocycles. The highest BCUT2D eigenvalue weighted by Crippen LogP contribution is 2.41. The van der Waals surface area contributed by atoms with E-state index < -0.39 is 0 Å². The van der Waals surface area contributed by atoms with E-state index in [0.29, 0.717) is 0 Å². The molecule has 2 aromatic carbocycles. The molecule has 0 bridgehead atoms. The van der Waals surface area contributed by atoms with Crippen LogP contribution in [0.1, 0.15) is 11.1 Å². The number of hydrogen-bond donors (Lipinski definition) is 0. The molecule has 0 aliphatic carbocycles. The molecule has 0 saturated carbocycles. The van der Waals surface area contributed by atoms with Crippen molar-refractivity contribution in [2.24, 2.45) is 0 Å². The fourth-order valence-electron chi connectivity index (χ4n) is 2.16. The SMILES string of the molecule is Cc1ccc(/C=C2\Sc3ccccc3N(C)C2=O)cc1. The van der Waals surface area contributed by atoms with Gasteiger partial charge < -0.3 is 4.90 Å². The number of carbonyl (C=O) groups excluding carboxylic acids is 1. The summed E-state index contributed by atoms with van der Waals surface area (Å²) in [5.41, 5.74) is 3.25. The maximum atomic E-state index is 12.4. The number of benzene rings is 2. The summed E-state index contributed by atoms with van der Waals surface area (Å²) in [5.74, 6) is 0.0503. The van der Waals surface area contributed by atoms with Crippen LogP contribution in [0.5, 0.6) is 0 Å². The Labute approximate surface area is 123 Å². The molecule has 2 nitrogen and oxygen atoms in total. The van der Waals surface area contributed by atoms with Gasteiger partial charge in [0.15, 0.2) is 0 Å². The number of amides is 1. The Kier molecular flexibility index (Phi) is 3.36. The molecule has 3 rings (SSSR count). The molecular weight excluding hydrogens is 266 g/mol. The van der Waals surface area contributed by atoms with E-state index in [4.69, 9.17) is 0 Å². The molecule has 100 valence electrons. The van der Waals surface area contributed by atoms with Gasteiger partial charge in [0.2, 0.25) is 0 Å². The van der Waals surface area contributed by atoms with Crippen molar-refractivity contribution in [2.45, 2.75) is 11.8 Å². The summed E-state index contributed by atoms with van der Waals surface area (Å²) in [6, 6.07) is 16.2. The molecule has 0 atom stereocenters. The van der Waals surface area contributed by atoms with Gasteiger partial charge in [-0.05, 0) is 30.7 Å². The Bertz CT molecular complexity index is 688. The van der Waals surface area contributed by atoms with Gasteiger partial charge in [-0.3, -0.25) is 4.79 Å². The highest BCUT2D eigenvalue weighted by atomic mass is 32.2. The summed E-state index contributed by atoms with van der Waals surface area (Å²) >= 11 is 1.54. The largest absolute Gasteiger partial charge is 0.310 e. The molecule has 3 heteroatoms. The van der Waals surface area contributed by atoms with Crippen LogP contribution < -0.4 is 4.90 Å². The van der Waals surface area contributed by atoms with E-state index in [1.807, 2.05) is 49.5 Å². The molecule has 0 radical (unpaired) electrons. The van der Waals surface area contributed by atoms with Gasteiger partial charge >= 0.3 is 0 Å². The predicted molar refractivity (Wildman–Crippen MR) is 84.9 cm³/mol. The van der Waals surface area contributed by atoms with Crippen molar-refractivity contribution in [3.63, 3.8) is 0 Å². The molecule has 1 aliphatic rings. The maximum Gasteiger partial charge on any atom is 0.264 e. The van der Waals surface area contributed by atoms with Crippen LogP contribution in [0.4, 0.5) is 5.69 Å². The number of fused-ring (bicyclic) bond motifs is 1. The minimum atomic E-state index is 0.0503. The van der Waals surface area contributed by atoms with E-state index in [9.17, 15) is 4.79 Å². The first-order valence-electron chi connectivity index (χ1n) is 6.48. The smallest absolute Gasteiger partial charge is 0.264 e. The third-order valence-electron chi connectivity index (χ3n) is 3.34. The number of thioether (sulfide) groups is 1. The summed E-state index contributed by atoms with van der Waals surface area (Å²) in [7, 11) is 1.82. The number of anilines is 1. The summed E-state index contributed by atoms with van der Waals surface area (Å²) in [6.45, 7) is 2.06. The normalized spacial score (nSPS) is 16.4. The van der Waals surface area contributed by atoms with Gasteiger partial charge in [0.25, 0.3) is 5.91 Å². The number of aryl methyl sites for hydroxylation is 1. The fourth-order valence-corrected chi connectivity index (χ4v) is 3.27. The van der Waals surface area contributed by atoms with Crippen LogP contribution >= 0.6 is 11.8 Å². The van der Waals surface area contributed by atoms with E-state index >= 15 is 0 Å². The minimum Gasteiger partial charge on any atom is -0.310 e. The summed E-state index contributed by atoms with van der Waals surface area (Å²) in [5, 5.41) is 0. The average molecular weight is 281 g/mol. The van der Waals surface area contributed by atoms with Crippen molar-refractivity contribution in [3.05, 3.63) is 64.6 Å². The van der Waals surface area contributed by atoms with Crippen LogP contribution in [0.15, 0.2) is 58.3 Å². The number of nitrogens with zero attached hydrogens (tertiary/aromatic N) is 1. The van der Waals surface area contributed by atoms with E-state index in [-0.39, 0.29) is 5.91 Å². The molecule has 0 aromatic heterocycles. The molecule has 1 amide bonds. The Balaban J connectivity index is 2.00. The van der Waals surface area contributed by atoms with Crippen molar-refractivity contribution in [1.82, 2.24) is 0 Å². The zero-order chi connectivity index (χ0) is 14.1. The Morgan fingerprint density at radius 3 is 2.50 bits per heavy atom. The van der Waals surface area contributed by atoms with Crippen molar-refractivity contribution in [1.29, 1.82) is 0 Å². The van der Waals surface area contributed by atoms with Crippen LogP contribution in [0, 0.1) is 6.92 Å². The van der Waals surface area contributed by atoms with Gasteiger partial charge in [-0.25, -0.2) is 0 Å². The summed E-state index contributed by atoms with van der Waals surface area (Å²) in [4.78, 5) is 16.0.